The number of rotatable bonds is 14. The molecule has 43 heavy (non-hydrogen) atoms. The summed E-state index contributed by atoms with van der Waals surface area (Å²) in [5.41, 5.74) is 0. The van der Waals surface area contributed by atoms with Gasteiger partial charge in [-0.1, -0.05) is 12.7 Å². The molecule has 0 fully saturated rings. The number of hydrogen-bond acceptors (Lipinski definition) is 5. The number of amides is 1. The first-order chi connectivity index (χ1) is 19.3. The highest BCUT2D eigenvalue weighted by Gasteiger charge is 2.78. The monoisotopic (exact) mass is 657 g/mol. The Morgan fingerprint density at radius 3 is 1.58 bits per heavy atom. The molecule has 0 aliphatic carbocycles. The molecule has 0 heterocycles. The number of carbonyl (C=O) groups is 2. The number of benzene rings is 1. The fourth-order valence-electron chi connectivity index (χ4n) is 2.87. The molecule has 1 amide bonds. The third-order valence-corrected chi connectivity index (χ3v) is 5.21. The topological polar surface area (TPSA) is 65.1 Å². The summed E-state index contributed by atoms with van der Waals surface area (Å²) in [6, 6.07) is 2.71. The van der Waals surface area contributed by atoms with Crippen molar-refractivity contribution in [3.05, 3.63) is 36.9 Å². The quantitative estimate of drug-likeness (QED) is 0.131. The lowest BCUT2D eigenvalue weighted by molar-refractivity contribution is -0.349. The van der Waals surface area contributed by atoms with Gasteiger partial charge in [-0.25, -0.2) is 4.79 Å². The second-order valence-electron chi connectivity index (χ2n) is 8.75. The molecule has 246 valence electrons. The zero-order valence-electron chi connectivity index (χ0n) is 21.6. The Morgan fingerprint density at radius 1 is 0.767 bits per heavy atom. The van der Waals surface area contributed by atoms with Gasteiger partial charge in [-0.2, -0.15) is 61.5 Å². The smallest absolute Gasteiger partial charge is 0.460 e. The van der Waals surface area contributed by atoms with Crippen molar-refractivity contribution in [1.29, 1.82) is 0 Å². The predicted octanol–water partition coefficient (Wildman–Crippen LogP) is 6.44. The van der Waals surface area contributed by atoms with Crippen LogP contribution in [0.4, 0.5) is 61.5 Å². The lowest BCUT2D eigenvalue weighted by Gasteiger charge is -2.36. The van der Waals surface area contributed by atoms with E-state index in [0.717, 1.165) is 26.0 Å². The molecular formula is C23H21F14NO5. The molecule has 0 N–H and O–H groups in total. The van der Waals surface area contributed by atoms with E-state index in [1.54, 1.807) is 0 Å². The molecule has 1 aromatic carbocycles. The lowest BCUT2D eigenvalue weighted by atomic mass is 10.1. The second-order valence-corrected chi connectivity index (χ2v) is 8.75. The summed E-state index contributed by atoms with van der Waals surface area (Å²) < 4.78 is 199. The van der Waals surface area contributed by atoms with Gasteiger partial charge in [0.05, 0.1) is 6.54 Å². The molecule has 0 aliphatic rings. The molecule has 0 saturated carbocycles. The Morgan fingerprint density at radius 2 is 1.19 bits per heavy atom. The molecule has 6 nitrogen and oxygen atoms in total. The molecule has 0 radical (unpaired) electrons. The summed E-state index contributed by atoms with van der Waals surface area (Å²) in [5, 5.41) is 0. The predicted molar refractivity (Wildman–Crippen MR) is 116 cm³/mol. The van der Waals surface area contributed by atoms with Crippen LogP contribution in [0.5, 0.6) is 11.5 Å². The maximum absolute atomic E-state index is 14.1. The minimum atomic E-state index is -7.06. The van der Waals surface area contributed by atoms with E-state index in [4.69, 9.17) is 9.47 Å². The van der Waals surface area contributed by atoms with Crippen LogP contribution >= 0.6 is 0 Å². The van der Waals surface area contributed by atoms with Crippen LogP contribution in [0, 0.1) is 0 Å². The molecule has 0 bridgehead atoms. The molecule has 0 saturated heterocycles. The Balaban J connectivity index is 3.44. The Labute approximate surface area is 233 Å². The van der Waals surface area contributed by atoms with Crippen LogP contribution in [0.25, 0.3) is 0 Å². The SMILES string of the molecule is C=CCOc1ccc(OCC(CN(C(=O)C(F)(F)C(F)(F)C(F)(F)F)C(C)C)OC(=O)C(F)(F)C(F)(F)C(F)(F)F)cc1. The van der Waals surface area contributed by atoms with E-state index in [2.05, 4.69) is 11.3 Å². The average Bonchev–Trinajstić information content (AvgIpc) is 2.87. The molecule has 0 aliphatic heterocycles. The van der Waals surface area contributed by atoms with Crippen molar-refractivity contribution in [2.75, 3.05) is 19.8 Å². The van der Waals surface area contributed by atoms with Crippen LogP contribution in [0.3, 0.4) is 0 Å². The largest absolute Gasteiger partial charge is 0.490 e. The number of carbonyl (C=O) groups excluding carboxylic acids is 2. The van der Waals surface area contributed by atoms with Crippen molar-refractivity contribution < 1.29 is 85.3 Å². The summed E-state index contributed by atoms with van der Waals surface area (Å²) in [6.45, 7) is 1.62. The molecule has 1 aromatic rings. The normalized spacial score (nSPS) is 14.3. The number of halogens is 14. The van der Waals surface area contributed by atoms with E-state index in [0.29, 0.717) is 0 Å². The number of nitrogens with zero attached hydrogens (tertiary/aromatic N) is 1. The van der Waals surface area contributed by atoms with Gasteiger partial charge in [-0.05, 0) is 38.1 Å². The van der Waals surface area contributed by atoms with Crippen molar-refractivity contribution >= 4 is 11.9 Å². The fourth-order valence-corrected chi connectivity index (χ4v) is 2.87. The van der Waals surface area contributed by atoms with Crippen LogP contribution in [0.15, 0.2) is 36.9 Å². The van der Waals surface area contributed by atoms with Crippen LogP contribution < -0.4 is 9.47 Å². The van der Waals surface area contributed by atoms with Gasteiger partial charge in [0, 0.05) is 6.04 Å². The molecule has 0 aromatic heterocycles. The maximum atomic E-state index is 14.1. The first-order valence-electron chi connectivity index (χ1n) is 11.4. The van der Waals surface area contributed by atoms with Crippen molar-refractivity contribution in [1.82, 2.24) is 4.90 Å². The summed E-state index contributed by atoms with van der Waals surface area (Å²) in [7, 11) is 0. The number of esters is 1. The van der Waals surface area contributed by atoms with Gasteiger partial charge in [-0.15, -0.1) is 0 Å². The number of alkyl halides is 14. The Kier molecular flexibility index (Phi) is 11.4. The van der Waals surface area contributed by atoms with E-state index in [9.17, 15) is 71.1 Å². The van der Waals surface area contributed by atoms with E-state index in [1.807, 2.05) is 0 Å². The third-order valence-electron chi connectivity index (χ3n) is 5.21. The van der Waals surface area contributed by atoms with E-state index in [1.165, 1.54) is 18.2 Å². The van der Waals surface area contributed by atoms with Gasteiger partial charge in [0.15, 0.2) is 6.10 Å². The molecule has 1 rings (SSSR count). The van der Waals surface area contributed by atoms with Gasteiger partial charge in [0.1, 0.15) is 24.7 Å². The Hall–Kier alpha value is -3.48. The average molecular weight is 657 g/mol. The van der Waals surface area contributed by atoms with Gasteiger partial charge < -0.3 is 19.1 Å². The Bertz CT molecular complexity index is 1120. The molecule has 0 spiro atoms. The highest BCUT2D eigenvalue weighted by Crippen LogP contribution is 2.48. The molecule has 20 heteroatoms. The van der Waals surface area contributed by atoms with Crippen molar-refractivity contribution in [2.24, 2.45) is 0 Å². The van der Waals surface area contributed by atoms with Gasteiger partial charge in [0.2, 0.25) is 0 Å². The summed E-state index contributed by atoms with van der Waals surface area (Å²) >= 11 is 0. The number of ether oxygens (including phenoxy) is 3. The van der Waals surface area contributed by atoms with E-state index < -0.39 is 78.1 Å². The standard InChI is InChI=1S/C23H21F14NO5/c1-4-9-41-13-5-7-14(8-6-13)42-11-15(43-17(40)19(26,27)21(30,31)23(35,36)37)10-38(12(2)3)16(39)18(24,25)20(28,29)22(32,33)34/h4-8,12,15H,1,9-11H2,2-3H3. The molecular weight excluding hydrogens is 636 g/mol. The first kappa shape index (κ1) is 37.5. The van der Waals surface area contributed by atoms with Crippen molar-refractivity contribution in [2.45, 2.75) is 62.0 Å². The van der Waals surface area contributed by atoms with Crippen LogP contribution in [-0.2, 0) is 14.3 Å². The van der Waals surface area contributed by atoms with Gasteiger partial charge in [0.25, 0.3) is 5.91 Å². The highest BCUT2D eigenvalue weighted by molar-refractivity contribution is 5.85. The zero-order valence-corrected chi connectivity index (χ0v) is 21.6. The highest BCUT2D eigenvalue weighted by atomic mass is 19.4. The third kappa shape index (κ3) is 8.12. The van der Waals surface area contributed by atoms with Crippen LogP contribution in [0.1, 0.15) is 13.8 Å². The summed E-state index contributed by atoms with van der Waals surface area (Å²) in [6.07, 6.45) is -15.4. The van der Waals surface area contributed by atoms with Crippen molar-refractivity contribution in [3.63, 3.8) is 0 Å². The minimum absolute atomic E-state index is 0.0199. The van der Waals surface area contributed by atoms with Crippen LogP contribution in [-0.4, -0.2) is 84.7 Å². The molecule has 1 atom stereocenters. The summed E-state index contributed by atoms with van der Waals surface area (Å²) in [4.78, 5) is 23.4. The minimum Gasteiger partial charge on any atom is -0.490 e. The number of hydrogen-bond donors (Lipinski definition) is 0. The zero-order chi connectivity index (χ0) is 33.8. The lowest BCUT2D eigenvalue weighted by Crippen LogP contribution is -2.62. The molecule has 1 unspecified atom stereocenters. The van der Waals surface area contributed by atoms with Crippen molar-refractivity contribution in [3.8, 4) is 11.5 Å². The first-order valence-corrected chi connectivity index (χ1v) is 11.4. The maximum Gasteiger partial charge on any atom is 0.460 e. The van der Waals surface area contributed by atoms with Gasteiger partial charge in [-0.3, -0.25) is 4.79 Å². The summed E-state index contributed by atoms with van der Waals surface area (Å²) in [5.74, 6) is -34.3. The van der Waals surface area contributed by atoms with E-state index in [-0.39, 0.29) is 18.1 Å². The van der Waals surface area contributed by atoms with E-state index >= 15 is 0 Å². The van der Waals surface area contributed by atoms with Gasteiger partial charge >= 0.3 is 42.0 Å². The fraction of sp³-hybridized carbons (Fsp3) is 0.565. The van der Waals surface area contributed by atoms with Crippen LogP contribution in [0.2, 0.25) is 0 Å². The second kappa shape index (κ2) is 13.0.